The Bertz CT molecular complexity index is 1360. The van der Waals surface area contributed by atoms with Crippen LogP contribution in [-0.4, -0.2) is 87.2 Å². The van der Waals surface area contributed by atoms with Crippen molar-refractivity contribution in [1.82, 2.24) is 20.0 Å². The molecule has 15 nitrogen and oxygen atoms in total. The van der Waals surface area contributed by atoms with Crippen LogP contribution in [0.3, 0.4) is 0 Å². The number of methoxy groups -OCH3 is 2. The Morgan fingerprint density at radius 1 is 1.22 bits per heavy atom. The number of hydrogen-bond donors (Lipinski definition) is 2. The summed E-state index contributed by atoms with van der Waals surface area (Å²) in [7, 11) is -0.715. The molecule has 0 fully saturated rings. The molecule has 0 saturated heterocycles. The summed E-state index contributed by atoms with van der Waals surface area (Å²) in [5.41, 5.74) is -0.0480. The van der Waals surface area contributed by atoms with Crippen LogP contribution < -0.4 is 21.0 Å². The standard InChI is InChI=1S/C20H26N6O9S2/c1-12-5-6-21-26(12)20-25-24-19(36-20)23-17(27)15-9-14(22-13(10-31-2)11-32-3)16(18(28)35-15)33-7-8-34-37(4,29)30/h5-6,9,13,22H,7-8,10-11H2,1-4H3,(H,23,24,27). The van der Waals surface area contributed by atoms with Gasteiger partial charge in [-0.2, -0.15) is 13.5 Å². The van der Waals surface area contributed by atoms with Gasteiger partial charge in [0.1, 0.15) is 13.2 Å². The summed E-state index contributed by atoms with van der Waals surface area (Å²) in [6.45, 7) is 1.62. The predicted octanol–water partition coefficient (Wildman–Crippen LogP) is 0.666. The maximum atomic E-state index is 12.9. The van der Waals surface area contributed by atoms with Crippen LogP contribution in [0.25, 0.3) is 5.13 Å². The zero-order valence-corrected chi connectivity index (χ0v) is 22.1. The zero-order valence-electron chi connectivity index (χ0n) is 20.4. The monoisotopic (exact) mass is 558 g/mol. The molecule has 3 heterocycles. The third-order valence-electron chi connectivity index (χ3n) is 4.50. The van der Waals surface area contributed by atoms with Crippen LogP contribution in [0, 0.1) is 6.92 Å². The SMILES string of the molecule is COCC(COC)Nc1cc(C(=O)Nc2nnc(-n3nccc3C)s2)oc(=O)c1OCCOS(C)(=O)=O. The molecule has 0 bridgehead atoms. The summed E-state index contributed by atoms with van der Waals surface area (Å²) in [5.74, 6) is -1.38. The van der Waals surface area contributed by atoms with Crippen molar-refractivity contribution in [2.45, 2.75) is 13.0 Å². The van der Waals surface area contributed by atoms with Gasteiger partial charge in [0.05, 0.1) is 31.2 Å². The fourth-order valence-electron chi connectivity index (χ4n) is 3.00. The highest BCUT2D eigenvalue weighted by molar-refractivity contribution is 7.85. The minimum Gasteiger partial charge on any atom is -0.483 e. The summed E-state index contributed by atoms with van der Waals surface area (Å²) in [6, 6.07) is 2.63. The van der Waals surface area contributed by atoms with Gasteiger partial charge in [-0.15, -0.1) is 10.2 Å². The quantitative estimate of drug-likeness (QED) is 0.208. The minimum absolute atomic E-state index is 0.102. The normalized spacial score (nSPS) is 11.6. The van der Waals surface area contributed by atoms with Gasteiger partial charge in [-0.1, -0.05) is 11.3 Å². The average Bonchev–Trinajstić information content (AvgIpc) is 3.46. The van der Waals surface area contributed by atoms with Crippen LogP contribution >= 0.6 is 11.3 Å². The molecule has 0 aliphatic carbocycles. The molecule has 0 aromatic carbocycles. The van der Waals surface area contributed by atoms with Gasteiger partial charge in [-0.25, -0.2) is 9.48 Å². The molecule has 0 aliphatic heterocycles. The number of nitrogens with one attached hydrogen (secondary N) is 2. The van der Waals surface area contributed by atoms with E-state index in [1.54, 1.807) is 16.9 Å². The third-order valence-corrected chi connectivity index (χ3v) is 5.91. The molecule has 0 unspecified atom stereocenters. The Morgan fingerprint density at radius 2 is 1.95 bits per heavy atom. The summed E-state index contributed by atoms with van der Waals surface area (Å²) < 4.78 is 49.4. The van der Waals surface area contributed by atoms with Gasteiger partial charge in [0.15, 0.2) is 5.76 Å². The number of amides is 1. The zero-order chi connectivity index (χ0) is 27.0. The maximum Gasteiger partial charge on any atom is 0.381 e. The van der Waals surface area contributed by atoms with Crippen LogP contribution in [0.15, 0.2) is 27.5 Å². The molecular formula is C20H26N6O9S2. The topological polar surface area (TPSA) is 186 Å². The lowest BCUT2D eigenvalue weighted by Gasteiger charge is -2.20. The second kappa shape index (κ2) is 12.7. The number of anilines is 2. The van der Waals surface area contributed by atoms with Crippen molar-refractivity contribution < 1.29 is 36.0 Å². The first-order valence-electron chi connectivity index (χ1n) is 10.7. The van der Waals surface area contributed by atoms with Crippen molar-refractivity contribution in [3.8, 4) is 10.9 Å². The number of nitrogens with zero attached hydrogens (tertiary/aromatic N) is 4. The second-order valence-electron chi connectivity index (χ2n) is 7.50. The van der Waals surface area contributed by atoms with E-state index in [1.807, 2.05) is 6.92 Å². The van der Waals surface area contributed by atoms with Crippen molar-refractivity contribution in [3.05, 3.63) is 40.2 Å². The first kappa shape index (κ1) is 28.2. The highest BCUT2D eigenvalue weighted by Gasteiger charge is 2.22. The molecule has 0 saturated carbocycles. The van der Waals surface area contributed by atoms with Crippen LogP contribution in [0.1, 0.15) is 16.2 Å². The molecule has 1 amide bonds. The van der Waals surface area contributed by atoms with Gasteiger partial charge in [0, 0.05) is 32.2 Å². The van der Waals surface area contributed by atoms with Crippen LogP contribution in [0.4, 0.5) is 10.8 Å². The fourth-order valence-corrected chi connectivity index (χ4v) is 4.13. The number of carbonyl (C=O) groups excluding carboxylic acids is 1. The van der Waals surface area contributed by atoms with Gasteiger partial charge in [0.25, 0.3) is 16.0 Å². The van der Waals surface area contributed by atoms with Gasteiger partial charge in [-0.05, 0) is 13.0 Å². The molecule has 0 radical (unpaired) electrons. The molecule has 3 aromatic rings. The van der Waals surface area contributed by atoms with E-state index in [9.17, 15) is 18.0 Å². The largest absolute Gasteiger partial charge is 0.483 e. The first-order chi connectivity index (χ1) is 17.6. The highest BCUT2D eigenvalue weighted by Crippen LogP contribution is 2.25. The Balaban J connectivity index is 1.83. The molecule has 37 heavy (non-hydrogen) atoms. The Hall–Kier alpha value is -3.38. The number of hydrogen-bond acceptors (Lipinski definition) is 14. The van der Waals surface area contributed by atoms with E-state index in [-0.39, 0.29) is 48.8 Å². The maximum absolute atomic E-state index is 12.9. The van der Waals surface area contributed by atoms with Crippen molar-refractivity contribution in [2.24, 2.45) is 0 Å². The van der Waals surface area contributed by atoms with E-state index in [4.69, 9.17) is 18.6 Å². The number of aromatic nitrogens is 4. The van der Waals surface area contributed by atoms with Crippen molar-refractivity contribution in [3.63, 3.8) is 0 Å². The molecule has 0 spiro atoms. The van der Waals surface area contributed by atoms with Crippen molar-refractivity contribution in [2.75, 3.05) is 57.5 Å². The van der Waals surface area contributed by atoms with Crippen LogP contribution in [0.2, 0.25) is 0 Å². The van der Waals surface area contributed by atoms with E-state index < -0.39 is 27.7 Å². The van der Waals surface area contributed by atoms with E-state index in [2.05, 4.69) is 30.1 Å². The van der Waals surface area contributed by atoms with Gasteiger partial charge < -0.3 is 23.9 Å². The number of carbonyl (C=O) groups is 1. The Kier molecular flexibility index (Phi) is 9.70. The molecule has 3 rings (SSSR count). The summed E-state index contributed by atoms with van der Waals surface area (Å²) in [4.78, 5) is 25.6. The van der Waals surface area contributed by atoms with Crippen molar-refractivity contribution in [1.29, 1.82) is 0 Å². The Labute approximate surface area is 215 Å². The number of ether oxygens (including phenoxy) is 3. The molecule has 3 aromatic heterocycles. The van der Waals surface area contributed by atoms with E-state index in [0.29, 0.717) is 5.13 Å². The molecule has 17 heteroatoms. The Morgan fingerprint density at radius 3 is 2.57 bits per heavy atom. The summed E-state index contributed by atoms with van der Waals surface area (Å²) in [5, 5.41) is 18.2. The smallest absolute Gasteiger partial charge is 0.381 e. The van der Waals surface area contributed by atoms with Crippen molar-refractivity contribution >= 4 is 38.2 Å². The second-order valence-corrected chi connectivity index (χ2v) is 10.1. The van der Waals surface area contributed by atoms with Gasteiger partial charge >= 0.3 is 5.63 Å². The van der Waals surface area contributed by atoms with Gasteiger partial charge in [0.2, 0.25) is 16.0 Å². The van der Waals surface area contributed by atoms with E-state index in [0.717, 1.165) is 23.3 Å². The summed E-state index contributed by atoms with van der Waals surface area (Å²) in [6.07, 6.45) is 2.49. The average molecular weight is 559 g/mol. The summed E-state index contributed by atoms with van der Waals surface area (Å²) >= 11 is 1.07. The molecule has 2 N–H and O–H groups in total. The minimum atomic E-state index is -3.69. The lowest BCUT2D eigenvalue weighted by atomic mass is 10.2. The lowest BCUT2D eigenvalue weighted by molar-refractivity contribution is 0.0990. The van der Waals surface area contributed by atoms with Crippen LogP contribution in [0.5, 0.6) is 5.75 Å². The number of rotatable bonds is 14. The third kappa shape index (κ3) is 8.05. The first-order valence-corrected chi connectivity index (χ1v) is 13.3. The molecular weight excluding hydrogens is 532 g/mol. The highest BCUT2D eigenvalue weighted by atomic mass is 32.2. The van der Waals surface area contributed by atoms with Crippen LogP contribution in [-0.2, 0) is 23.8 Å². The molecule has 202 valence electrons. The molecule has 0 aliphatic rings. The van der Waals surface area contributed by atoms with E-state index in [1.165, 1.54) is 20.3 Å². The number of aryl methyl sites for hydroxylation is 1. The fraction of sp³-hybridized carbons (Fsp3) is 0.450. The lowest BCUT2D eigenvalue weighted by Crippen LogP contribution is -2.31. The van der Waals surface area contributed by atoms with E-state index >= 15 is 0 Å². The predicted molar refractivity (Wildman–Crippen MR) is 132 cm³/mol. The molecule has 0 atom stereocenters. The van der Waals surface area contributed by atoms with Gasteiger partial charge in [-0.3, -0.25) is 14.3 Å².